The molecule has 2 heterocycles. The van der Waals surface area contributed by atoms with Gasteiger partial charge in [0.2, 0.25) is 0 Å². The molecule has 0 fully saturated rings. The van der Waals surface area contributed by atoms with Crippen LogP contribution in [-0.2, 0) is 6.42 Å². The molecule has 0 atom stereocenters. The number of nitrogens with zero attached hydrogens (tertiary/aromatic N) is 2. The fourth-order valence-corrected chi connectivity index (χ4v) is 2.56. The fraction of sp³-hybridized carbons (Fsp3) is 0.385. The molecule has 0 aliphatic carbocycles. The first-order valence-corrected chi connectivity index (χ1v) is 7.12. The lowest BCUT2D eigenvalue weighted by Crippen LogP contribution is -2.33. The number of carbonyl (C=O) groups excluding carboxylic acids is 1. The normalized spacial score (nSPS) is 10.6. The average Bonchev–Trinajstić information content (AvgIpc) is 2.80. The monoisotopic (exact) mass is 292 g/mol. The van der Waals surface area contributed by atoms with Gasteiger partial charge < -0.3 is 5.32 Å². The number of aromatic amines is 1. The summed E-state index contributed by atoms with van der Waals surface area (Å²) in [6, 6.07) is 0. The highest BCUT2D eigenvalue weighted by molar-refractivity contribution is 7.09. The first kappa shape index (κ1) is 14.4. The second kappa shape index (κ2) is 5.96. The van der Waals surface area contributed by atoms with Crippen LogP contribution in [0, 0.1) is 20.8 Å². The molecule has 106 valence electrons. The fourth-order valence-electron chi connectivity index (χ4n) is 1.79. The Balaban J connectivity index is 2.02. The summed E-state index contributed by atoms with van der Waals surface area (Å²) in [5.41, 5.74) is 1.90. The number of aromatic nitrogens is 3. The van der Waals surface area contributed by atoms with E-state index in [2.05, 4.69) is 20.5 Å². The Morgan fingerprint density at radius 1 is 1.40 bits per heavy atom. The standard InChI is InChI=1S/C13H16N4O2S/c1-7-6-20-10(15-7)4-5-14-12(18)11-8(2)9(3)16-17-13(11)19/h6H,4-5H2,1-3H3,(H,14,18)(H,17,19). The van der Waals surface area contributed by atoms with Crippen molar-refractivity contribution in [2.75, 3.05) is 6.54 Å². The zero-order chi connectivity index (χ0) is 14.7. The van der Waals surface area contributed by atoms with Crippen LogP contribution in [-0.4, -0.2) is 27.6 Å². The van der Waals surface area contributed by atoms with Crippen LogP contribution in [0.15, 0.2) is 10.2 Å². The summed E-state index contributed by atoms with van der Waals surface area (Å²) in [6.07, 6.45) is 0.658. The Kier molecular flexibility index (Phi) is 4.29. The van der Waals surface area contributed by atoms with E-state index in [0.717, 1.165) is 10.7 Å². The van der Waals surface area contributed by atoms with Gasteiger partial charge in [0, 0.05) is 24.0 Å². The van der Waals surface area contributed by atoms with Gasteiger partial charge in [0.15, 0.2) is 0 Å². The van der Waals surface area contributed by atoms with Crippen LogP contribution < -0.4 is 10.9 Å². The van der Waals surface area contributed by atoms with Gasteiger partial charge in [0.05, 0.1) is 10.7 Å². The first-order valence-electron chi connectivity index (χ1n) is 6.24. The summed E-state index contributed by atoms with van der Waals surface area (Å²) >= 11 is 1.57. The second-order valence-corrected chi connectivity index (χ2v) is 5.47. The zero-order valence-corrected chi connectivity index (χ0v) is 12.4. The van der Waals surface area contributed by atoms with Crippen LogP contribution in [0.2, 0.25) is 0 Å². The van der Waals surface area contributed by atoms with E-state index in [0.29, 0.717) is 24.2 Å². The largest absolute Gasteiger partial charge is 0.351 e. The number of thiazole rings is 1. The molecule has 0 aliphatic heterocycles. The molecule has 0 aliphatic rings. The summed E-state index contributed by atoms with van der Waals surface area (Å²) < 4.78 is 0. The topological polar surface area (TPSA) is 87.7 Å². The number of hydrogen-bond acceptors (Lipinski definition) is 5. The van der Waals surface area contributed by atoms with E-state index in [1.807, 2.05) is 12.3 Å². The Morgan fingerprint density at radius 2 is 2.15 bits per heavy atom. The van der Waals surface area contributed by atoms with E-state index in [1.54, 1.807) is 25.2 Å². The van der Waals surface area contributed by atoms with Crippen LogP contribution in [0.25, 0.3) is 0 Å². The predicted octanol–water partition coefficient (Wildman–Crippen LogP) is 1.12. The van der Waals surface area contributed by atoms with Crippen LogP contribution in [0.3, 0.4) is 0 Å². The van der Waals surface area contributed by atoms with Gasteiger partial charge >= 0.3 is 0 Å². The van der Waals surface area contributed by atoms with Crippen molar-refractivity contribution >= 4 is 17.2 Å². The Hall–Kier alpha value is -2.02. The molecule has 0 radical (unpaired) electrons. The van der Waals surface area contributed by atoms with Crippen LogP contribution >= 0.6 is 11.3 Å². The minimum Gasteiger partial charge on any atom is -0.351 e. The van der Waals surface area contributed by atoms with E-state index >= 15 is 0 Å². The molecule has 0 saturated heterocycles. The van der Waals surface area contributed by atoms with Gasteiger partial charge in [0.1, 0.15) is 5.56 Å². The summed E-state index contributed by atoms with van der Waals surface area (Å²) in [5.74, 6) is -0.373. The third kappa shape index (κ3) is 3.11. The average molecular weight is 292 g/mol. The van der Waals surface area contributed by atoms with Gasteiger partial charge in [-0.25, -0.2) is 10.1 Å². The Labute approximate surface area is 120 Å². The maximum Gasteiger partial charge on any atom is 0.277 e. The van der Waals surface area contributed by atoms with E-state index in [-0.39, 0.29) is 11.5 Å². The molecule has 0 saturated carbocycles. The van der Waals surface area contributed by atoms with Crippen molar-refractivity contribution in [1.29, 1.82) is 0 Å². The van der Waals surface area contributed by atoms with E-state index in [1.165, 1.54) is 0 Å². The molecule has 0 aromatic carbocycles. The van der Waals surface area contributed by atoms with Crippen molar-refractivity contribution in [2.45, 2.75) is 27.2 Å². The Bertz CT molecular complexity index is 690. The molecule has 7 heteroatoms. The van der Waals surface area contributed by atoms with Crippen LogP contribution in [0.4, 0.5) is 0 Å². The lowest BCUT2D eigenvalue weighted by molar-refractivity contribution is 0.0951. The molecular weight excluding hydrogens is 276 g/mol. The van der Waals surface area contributed by atoms with Gasteiger partial charge in [0.25, 0.3) is 11.5 Å². The highest BCUT2D eigenvalue weighted by atomic mass is 32.1. The number of rotatable bonds is 4. The number of amides is 1. The van der Waals surface area contributed by atoms with Crippen LogP contribution in [0.5, 0.6) is 0 Å². The first-order chi connectivity index (χ1) is 9.49. The summed E-state index contributed by atoms with van der Waals surface area (Å²) in [7, 11) is 0. The number of H-pyrrole nitrogens is 1. The van der Waals surface area contributed by atoms with E-state index < -0.39 is 5.56 Å². The molecule has 2 aromatic heterocycles. The van der Waals surface area contributed by atoms with E-state index in [4.69, 9.17) is 0 Å². The SMILES string of the molecule is Cc1csc(CCNC(=O)c2c(C)c(C)n[nH]c2=O)n1. The van der Waals surface area contributed by atoms with Crippen molar-refractivity contribution in [3.05, 3.63) is 43.3 Å². The number of carbonyl (C=O) groups is 1. The third-order valence-corrected chi connectivity index (χ3v) is 4.01. The smallest absolute Gasteiger partial charge is 0.277 e. The quantitative estimate of drug-likeness (QED) is 0.884. The van der Waals surface area contributed by atoms with Crippen molar-refractivity contribution < 1.29 is 4.79 Å². The molecule has 0 bridgehead atoms. The summed E-state index contributed by atoms with van der Waals surface area (Å²) in [4.78, 5) is 28.1. The van der Waals surface area contributed by atoms with Gasteiger partial charge in [-0.2, -0.15) is 5.10 Å². The Morgan fingerprint density at radius 3 is 2.80 bits per heavy atom. The van der Waals surface area contributed by atoms with Crippen molar-refractivity contribution in [3.63, 3.8) is 0 Å². The molecule has 2 aromatic rings. The van der Waals surface area contributed by atoms with Crippen molar-refractivity contribution in [2.24, 2.45) is 0 Å². The third-order valence-electron chi connectivity index (χ3n) is 2.99. The maximum atomic E-state index is 12.1. The highest BCUT2D eigenvalue weighted by Gasteiger charge is 2.15. The molecule has 20 heavy (non-hydrogen) atoms. The number of hydrogen-bond donors (Lipinski definition) is 2. The van der Waals surface area contributed by atoms with Crippen LogP contribution in [0.1, 0.15) is 32.3 Å². The van der Waals surface area contributed by atoms with E-state index in [9.17, 15) is 9.59 Å². The summed E-state index contributed by atoms with van der Waals surface area (Å²) in [5, 5.41) is 11.8. The molecule has 6 nitrogen and oxygen atoms in total. The van der Waals surface area contributed by atoms with Gasteiger partial charge in [-0.15, -0.1) is 11.3 Å². The molecule has 2 N–H and O–H groups in total. The second-order valence-electron chi connectivity index (χ2n) is 4.53. The number of aryl methyl sites for hydroxylation is 2. The summed E-state index contributed by atoms with van der Waals surface area (Å²) in [6.45, 7) is 5.85. The molecule has 2 rings (SSSR count). The highest BCUT2D eigenvalue weighted by Crippen LogP contribution is 2.09. The molecular formula is C13H16N4O2S. The predicted molar refractivity (Wildman–Crippen MR) is 77.2 cm³/mol. The molecule has 0 spiro atoms. The van der Waals surface area contributed by atoms with Gasteiger partial charge in [-0.05, 0) is 26.3 Å². The lowest BCUT2D eigenvalue weighted by Gasteiger charge is -2.07. The van der Waals surface area contributed by atoms with Gasteiger partial charge in [-0.1, -0.05) is 0 Å². The minimum absolute atomic E-state index is 0.132. The molecule has 1 amide bonds. The van der Waals surface area contributed by atoms with Crippen molar-refractivity contribution in [3.8, 4) is 0 Å². The number of nitrogens with one attached hydrogen (secondary N) is 2. The maximum absolute atomic E-state index is 12.1. The van der Waals surface area contributed by atoms with Gasteiger partial charge in [-0.3, -0.25) is 9.59 Å². The lowest BCUT2D eigenvalue weighted by atomic mass is 10.1. The zero-order valence-electron chi connectivity index (χ0n) is 11.6. The molecule has 0 unspecified atom stereocenters. The minimum atomic E-state index is -0.462. The van der Waals surface area contributed by atoms with Crippen molar-refractivity contribution in [1.82, 2.24) is 20.5 Å².